The van der Waals surface area contributed by atoms with Crippen molar-refractivity contribution in [2.75, 3.05) is 27.8 Å². The van der Waals surface area contributed by atoms with Gasteiger partial charge in [0.15, 0.2) is 5.96 Å². The molecule has 1 aromatic carbocycles. The van der Waals surface area contributed by atoms with Gasteiger partial charge in [0.2, 0.25) is 0 Å². The van der Waals surface area contributed by atoms with Crippen LogP contribution in [0.15, 0.2) is 29.3 Å². The normalized spacial score (nSPS) is 11.9. The molecule has 0 heterocycles. The molecule has 0 radical (unpaired) electrons. The first-order valence-electron chi connectivity index (χ1n) is 6.76. The van der Waals surface area contributed by atoms with E-state index in [-0.39, 0.29) is 35.9 Å². The lowest BCUT2D eigenvalue weighted by Gasteiger charge is -2.15. The highest BCUT2D eigenvalue weighted by Gasteiger charge is 2.13. The zero-order valence-corrected chi connectivity index (χ0v) is 15.7. The number of hydrogen-bond acceptors (Lipinski definition) is 4. The molecule has 1 rings (SSSR count). The van der Waals surface area contributed by atoms with Crippen LogP contribution < -0.4 is 15.4 Å². The highest BCUT2D eigenvalue weighted by molar-refractivity contribution is 14.0. The van der Waals surface area contributed by atoms with Crippen LogP contribution in [0.2, 0.25) is 0 Å². The molecule has 1 unspecified atom stereocenters. The van der Waals surface area contributed by atoms with E-state index in [1.165, 1.54) is 7.11 Å². The Hall–Kier alpha value is -1.51. The van der Waals surface area contributed by atoms with Crippen molar-refractivity contribution in [1.29, 1.82) is 0 Å². The monoisotopic (exact) mass is 421 g/mol. The molecule has 0 fully saturated rings. The van der Waals surface area contributed by atoms with E-state index in [2.05, 4.69) is 20.4 Å². The Balaban J connectivity index is 0.00000441. The molecule has 0 spiro atoms. The lowest BCUT2D eigenvalue weighted by atomic mass is 10.2. The number of carbonyl (C=O) groups excluding carboxylic acids is 1. The minimum absolute atomic E-state index is 0. The molecule has 0 aliphatic rings. The molecule has 0 bridgehead atoms. The molecule has 22 heavy (non-hydrogen) atoms. The van der Waals surface area contributed by atoms with Crippen molar-refractivity contribution >= 4 is 35.9 Å². The van der Waals surface area contributed by atoms with Crippen molar-refractivity contribution in [2.45, 2.75) is 13.5 Å². The lowest BCUT2D eigenvalue weighted by Crippen LogP contribution is -2.40. The van der Waals surface area contributed by atoms with Crippen molar-refractivity contribution in [1.82, 2.24) is 10.6 Å². The van der Waals surface area contributed by atoms with E-state index in [9.17, 15) is 4.79 Å². The standard InChI is InChI=1S/C15H23N3O3.HI/c1-11(14(19)21-4)9-17-15(16-2)18-10-12-7-5-6-8-13(12)20-3;/h5-8,11H,9-10H2,1-4H3,(H2,16,17,18);1H. The third-order valence-corrected chi connectivity index (χ3v) is 3.04. The Bertz CT molecular complexity index is 495. The number of esters is 1. The van der Waals surface area contributed by atoms with Crippen LogP contribution in [0.4, 0.5) is 0 Å². The van der Waals surface area contributed by atoms with Crippen molar-refractivity contribution in [3.05, 3.63) is 29.8 Å². The molecular formula is C15H24IN3O3. The minimum Gasteiger partial charge on any atom is -0.496 e. The van der Waals surface area contributed by atoms with Gasteiger partial charge in [-0.1, -0.05) is 25.1 Å². The Kier molecular flexibility index (Phi) is 10.3. The van der Waals surface area contributed by atoms with Gasteiger partial charge in [-0.15, -0.1) is 24.0 Å². The maximum Gasteiger partial charge on any atom is 0.310 e. The molecule has 0 saturated heterocycles. The molecule has 0 aromatic heterocycles. The van der Waals surface area contributed by atoms with Crippen LogP contribution in [0.25, 0.3) is 0 Å². The van der Waals surface area contributed by atoms with Gasteiger partial charge in [-0.3, -0.25) is 9.79 Å². The Labute approximate surface area is 148 Å². The minimum atomic E-state index is -0.248. The number of aliphatic imine (C=N–C) groups is 1. The SMILES string of the molecule is CN=C(NCc1ccccc1OC)NCC(C)C(=O)OC.I. The van der Waals surface area contributed by atoms with E-state index in [4.69, 9.17) is 4.74 Å². The summed E-state index contributed by atoms with van der Waals surface area (Å²) in [5.41, 5.74) is 1.03. The summed E-state index contributed by atoms with van der Waals surface area (Å²) in [6.45, 7) is 2.83. The van der Waals surface area contributed by atoms with Crippen LogP contribution in [0.1, 0.15) is 12.5 Å². The number of methoxy groups -OCH3 is 2. The maximum atomic E-state index is 11.3. The molecule has 6 nitrogen and oxygen atoms in total. The fraction of sp³-hybridized carbons (Fsp3) is 0.467. The Morgan fingerprint density at radius 3 is 2.55 bits per heavy atom. The molecule has 1 atom stereocenters. The summed E-state index contributed by atoms with van der Waals surface area (Å²) in [6.07, 6.45) is 0. The van der Waals surface area contributed by atoms with Crippen LogP contribution in [0.3, 0.4) is 0 Å². The van der Waals surface area contributed by atoms with Gasteiger partial charge in [0.1, 0.15) is 5.75 Å². The van der Waals surface area contributed by atoms with Crippen molar-refractivity contribution in [2.24, 2.45) is 10.9 Å². The number of guanidine groups is 1. The first-order valence-corrected chi connectivity index (χ1v) is 6.76. The van der Waals surface area contributed by atoms with Crippen LogP contribution in [-0.4, -0.2) is 39.7 Å². The zero-order chi connectivity index (χ0) is 15.7. The summed E-state index contributed by atoms with van der Waals surface area (Å²) >= 11 is 0. The molecule has 0 aliphatic heterocycles. The second-order valence-corrected chi connectivity index (χ2v) is 4.54. The van der Waals surface area contributed by atoms with Crippen LogP contribution in [0, 0.1) is 5.92 Å². The molecule has 2 N–H and O–H groups in total. The van der Waals surface area contributed by atoms with Crippen LogP contribution in [-0.2, 0) is 16.1 Å². The van der Waals surface area contributed by atoms with E-state index in [0.717, 1.165) is 11.3 Å². The molecule has 0 amide bonds. The topological polar surface area (TPSA) is 72.0 Å². The van der Waals surface area contributed by atoms with Crippen molar-refractivity contribution in [3.63, 3.8) is 0 Å². The molecular weight excluding hydrogens is 397 g/mol. The van der Waals surface area contributed by atoms with Gasteiger partial charge >= 0.3 is 5.97 Å². The van der Waals surface area contributed by atoms with E-state index in [1.807, 2.05) is 24.3 Å². The fourth-order valence-electron chi connectivity index (χ4n) is 1.78. The van der Waals surface area contributed by atoms with E-state index in [1.54, 1.807) is 21.1 Å². The van der Waals surface area contributed by atoms with Gasteiger partial charge < -0.3 is 20.1 Å². The Morgan fingerprint density at radius 1 is 1.27 bits per heavy atom. The number of benzene rings is 1. The second kappa shape index (κ2) is 11.1. The summed E-state index contributed by atoms with van der Waals surface area (Å²) in [7, 11) is 4.71. The third kappa shape index (κ3) is 6.50. The highest BCUT2D eigenvalue weighted by atomic mass is 127. The van der Waals surface area contributed by atoms with Gasteiger partial charge in [-0.05, 0) is 6.07 Å². The number of nitrogens with one attached hydrogen (secondary N) is 2. The number of carbonyl (C=O) groups is 1. The van der Waals surface area contributed by atoms with Gasteiger partial charge in [0.25, 0.3) is 0 Å². The summed E-state index contributed by atoms with van der Waals surface area (Å²) in [4.78, 5) is 15.5. The van der Waals surface area contributed by atoms with E-state index < -0.39 is 0 Å². The average molecular weight is 421 g/mol. The quantitative estimate of drug-likeness (QED) is 0.317. The number of halogens is 1. The first kappa shape index (κ1) is 20.5. The average Bonchev–Trinajstić information content (AvgIpc) is 2.54. The van der Waals surface area contributed by atoms with Gasteiger partial charge in [-0.25, -0.2) is 0 Å². The molecule has 124 valence electrons. The number of para-hydroxylation sites is 1. The predicted molar refractivity (Wildman–Crippen MR) is 97.8 cm³/mol. The number of ether oxygens (including phenoxy) is 2. The fourth-order valence-corrected chi connectivity index (χ4v) is 1.78. The van der Waals surface area contributed by atoms with Gasteiger partial charge in [0, 0.05) is 25.7 Å². The van der Waals surface area contributed by atoms with Crippen LogP contribution in [0.5, 0.6) is 5.75 Å². The maximum absolute atomic E-state index is 11.3. The largest absolute Gasteiger partial charge is 0.496 e. The second-order valence-electron chi connectivity index (χ2n) is 4.54. The smallest absolute Gasteiger partial charge is 0.310 e. The highest BCUT2D eigenvalue weighted by Crippen LogP contribution is 2.16. The molecule has 7 heteroatoms. The lowest BCUT2D eigenvalue weighted by molar-refractivity contribution is -0.144. The van der Waals surface area contributed by atoms with Crippen molar-refractivity contribution < 1.29 is 14.3 Å². The third-order valence-electron chi connectivity index (χ3n) is 3.04. The summed E-state index contributed by atoms with van der Waals surface area (Å²) in [5.74, 6) is 0.961. The number of hydrogen-bond donors (Lipinski definition) is 2. The summed E-state index contributed by atoms with van der Waals surface area (Å²) < 4.78 is 9.98. The Morgan fingerprint density at radius 2 is 1.95 bits per heavy atom. The number of nitrogens with zero attached hydrogens (tertiary/aromatic N) is 1. The molecule has 0 saturated carbocycles. The summed E-state index contributed by atoms with van der Waals surface area (Å²) in [5, 5.41) is 6.27. The summed E-state index contributed by atoms with van der Waals surface area (Å²) in [6, 6.07) is 7.77. The van der Waals surface area contributed by atoms with E-state index in [0.29, 0.717) is 19.0 Å². The van der Waals surface area contributed by atoms with Crippen LogP contribution >= 0.6 is 24.0 Å². The van der Waals surface area contributed by atoms with Crippen molar-refractivity contribution in [3.8, 4) is 5.75 Å². The van der Waals surface area contributed by atoms with E-state index >= 15 is 0 Å². The number of rotatable bonds is 6. The predicted octanol–water partition coefficient (Wildman–Crippen LogP) is 1.79. The van der Waals surface area contributed by atoms with Gasteiger partial charge in [-0.2, -0.15) is 0 Å². The molecule has 0 aliphatic carbocycles. The first-order chi connectivity index (χ1) is 10.1. The molecule has 1 aromatic rings. The van der Waals surface area contributed by atoms with Gasteiger partial charge in [0.05, 0.1) is 20.1 Å². The zero-order valence-electron chi connectivity index (χ0n) is 13.4.